The quantitative estimate of drug-likeness (QED) is 0.507. The summed E-state index contributed by atoms with van der Waals surface area (Å²) >= 11 is 0. The van der Waals surface area contributed by atoms with Gasteiger partial charge in [-0.25, -0.2) is 4.79 Å². The first-order chi connectivity index (χ1) is 8.97. The molecule has 0 amide bonds. The van der Waals surface area contributed by atoms with Crippen molar-refractivity contribution >= 4 is 12.0 Å². The summed E-state index contributed by atoms with van der Waals surface area (Å²) in [5.74, 6) is -0.935. The molecule has 0 aliphatic heterocycles. The zero-order chi connectivity index (χ0) is 14.7. The monoisotopic (exact) mass is 255 g/mol. The summed E-state index contributed by atoms with van der Waals surface area (Å²) in [6.45, 7) is 6.57. The van der Waals surface area contributed by atoms with Crippen molar-refractivity contribution in [3.63, 3.8) is 0 Å². The fraction of sp³-hybridized carbons (Fsp3) is 0.125. The number of allylic oxidation sites excluding steroid dienone is 3. The number of carboxylic acids is 1. The van der Waals surface area contributed by atoms with Gasteiger partial charge < -0.3 is 5.11 Å². The van der Waals surface area contributed by atoms with Crippen LogP contribution in [0.5, 0.6) is 0 Å². The van der Waals surface area contributed by atoms with Gasteiger partial charge in [-0.3, -0.25) is 0 Å². The third kappa shape index (κ3) is 9.13. The van der Waals surface area contributed by atoms with Gasteiger partial charge in [-0.05, 0) is 31.1 Å². The van der Waals surface area contributed by atoms with Crippen LogP contribution in [0.4, 0.5) is 0 Å². The summed E-state index contributed by atoms with van der Waals surface area (Å²) in [5.41, 5.74) is 2.41. The first-order valence-corrected chi connectivity index (χ1v) is 5.65. The van der Waals surface area contributed by atoms with E-state index in [1.54, 1.807) is 6.08 Å². The molecule has 1 N–H and O–H groups in total. The van der Waals surface area contributed by atoms with E-state index >= 15 is 0 Å². The Hall–Kier alpha value is -2.60. The lowest BCUT2D eigenvalue weighted by atomic mass is 10.1. The minimum absolute atomic E-state index is 0.176. The van der Waals surface area contributed by atoms with E-state index in [2.05, 4.69) is 6.58 Å². The van der Waals surface area contributed by atoms with Crippen LogP contribution in [-0.4, -0.2) is 11.1 Å². The maximum atomic E-state index is 9.60. The van der Waals surface area contributed by atoms with E-state index < -0.39 is 5.97 Å². The zero-order valence-corrected chi connectivity index (χ0v) is 11.1. The molecule has 1 aromatic carbocycles. The number of carbonyl (C=O) groups is 1. The molecule has 0 radical (unpaired) electrons. The Kier molecular flexibility index (Phi) is 8.14. The normalized spacial score (nSPS) is 10.3. The summed E-state index contributed by atoms with van der Waals surface area (Å²) in [4.78, 5) is 9.60. The highest BCUT2D eigenvalue weighted by molar-refractivity contribution is 5.84. The van der Waals surface area contributed by atoms with Gasteiger partial charge in [0.1, 0.15) is 0 Å². The lowest BCUT2D eigenvalue weighted by Crippen LogP contribution is -1.92. The molecular formula is C16H17NO2. The van der Waals surface area contributed by atoms with Crippen LogP contribution in [0.3, 0.4) is 0 Å². The first kappa shape index (κ1) is 16.4. The molecule has 0 aromatic heterocycles. The number of benzene rings is 1. The molecular weight excluding hydrogens is 238 g/mol. The molecule has 0 saturated heterocycles. The summed E-state index contributed by atoms with van der Waals surface area (Å²) in [6, 6.07) is 12.0. The van der Waals surface area contributed by atoms with Crippen LogP contribution in [0.2, 0.25) is 0 Å². The van der Waals surface area contributed by atoms with Crippen molar-refractivity contribution in [1.29, 1.82) is 5.26 Å². The molecule has 98 valence electrons. The number of nitrogens with zero attached hydrogens (tertiary/aromatic N) is 1. The summed E-state index contributed by atoms with van der Waals surface area (Å²) < 4.78 is 0. The van der Waals surface area contributed by atoms with Crippen LogP contribution in [0.25, 0.3) is 6.08 Å². The van der Waals surface area contributed by atoms with E-state index in [1.807, 2.05) is 49.4 Å². The molecule has 1 rings (SSSR count). The van der Waals surface area contributed by atoms with Crippen molar-refractivity contribution in [1.82, 2.24) is 0 Å². The Bertz CT molecular complexity index is 507. The fourth-order valence-corrected chi connectivity index (χ4v) is 1.03. The summed E-state index contributed by atoms with van der Waals surface area (Å²) in [7, 11) is 0. The van der Waals surface area contributed by atoms with Crippen molar-refractivity contribution in [2.75, 3.05) is 0 Å². The highest BCUT2D eigenvalue weighted by Crippen LogP contribution is 2.06. The lowest BCUT2D eigenvalue weighted by Gasteiger charge is -1.93. The van der Waals surface area contributed by atoms with Gasteiger partial charge in [0.05, 0.1) is 6.07 Å². The van der Waals surface area contributed by atoms with Gasteiger partial charge in [-0.2, -0.15) is 5.26 Å². The Balaban J connectivity index is 0.000000459. The van der Waals surface area contributed by atoms with Crippen LogP contribution in [0.1, 0.15) is 19.4 Å². The Morgan fingerprint density at radius 1 is 1.32 bits per heavy atom. The smallest absolute Gasteiger partial charge is 0.330 e. The summed E-state index contributed by atoms with van der Waals surface area (Å²) in [6.07, 6.45) is 5.32. The average molecular weight is 255 g/mol. The highest BCUT2D eigenvalue weighted by Gasteiger charge is 1.90. The number of aliphatic carboxylic acids is 1. The zero-order valence-electron chi connectivity index (χ0n) is 11.1. The van der Waals surface area contributed by atoms with Crippen LogP contribution >= 0.6 is 0 Å². The molecule has 3 nitrogen and oxygen atoms in total. The van der Waals surface area contributed by atoms with Gasteiger partial charge >= 0.3 is 5.97 Å². The molecule has 0 heterocycles. The molecule has 0 unspecified atom stereocenters. The predicted octanol–water partition coefficient (Wildman–Crippen LogP) is 3.82. The summed E-state index contributed by atoms with van der Waals surface area (Å²) in [5, 5.41) is 16.2. The maximum Gasteiger partial charge on any atom is 0.330 e. The van der Waals surface area contributed by atoms with Crippen molar-refractivity contribution < 1.29 is 9.90 Å². The van der Waals surface area contributed by atoms with Gasteiger partial charge in [-0.1, -0.05) is 43.0 Å². The van der Waals surface area contributed by atoms with Crippen LogP contribution < -0.4 is 0 Å². The highest BCUT2D eigenvalue weighted by atomic mass is 16.4. The van der Waals surface area contributed by atoms with Crippen molar-refractivity contribution in [3.05, 3.63) is 65.8 Å². The van der Waals surface area contributed by atoms with E-state index in [0.717, 1.165) is 11.1 Å². The van der Waals surface area contributed by atoms with E-state index in [4.69, 9.17) is 10.4 Å². The molecule has 0 fully saturated rings. The van der Waals surface area contributed by atoms with Crippen molar-refractivity contribution in [2.24, 2.45) is 0 Å². The molecule has 0 aliphatic rings. The number of carboxylic acid groups (broad SMARTS) is 1. The second kappa shape index (κ2) is 9.43. The third-order valence-electron chi connectivity index (χ3n) is 1.98. The largest absolute Gasteiger partial charge is 0.478 e. The van der Waals surface area contributed by atoms with E-state index in [1.165, 1.54) is 13.0 Å². The van der Waals surface area contributed by atoms with Gasteiger partial charge in [0.15, 0.2) is 0 Å². The molecule has 3 heteroatoms. The molecule has 0 bridgehead atoms. The van der Waals surface area contributed by atoms with Gasteiger partial charge in [-0.15, -0.1) is 0 Å². The maximum absolute atomic E-state index is 9.60. The number of hydrogen-bond donors (Lipinski definition) is 1. The van der Waals surface area contributed by atoms with Gasteiger partial charge in [0, 0.05) is 11.6 Å². The lowest BCUT2D eigenvalue weighted by molar-refractivity contribution is -0.132. The minimum Gasteiger partial charge on any atom is -0.478 e. The van der Waals surface area contributed by atoms with Crippen LogP contribution in [0, 0.1) is 11.3 Å². The van der Waals surface area contributed by atoms with Crippen molar-refractivity contribution in [2.45, 2.75) is 13.8 Å². The van der Waals surface area contributed by atoms with E-state index in [0.29, 0.717) is 0 Å². The topological polar surface area (TPSA) is 61.1 Å². The molecule has 1 aromatic rings. The van der Waals surface area contributed by atoms with Crippen LogP contribution in [-0.2, 0) is 4.79 Å². The second-order valence-corrected chi connectivity index (χ2v) is 3.85. The van der Waals surface area contributed by atoms with Gasteiger partial charge in [0.25, 0.3) is 0 Å². The fourth-order valence-electron chi connectivity index (χ4n) is 1.03. The SMILES string of the molecule is C=C(C)C(=O)O.CC(C=CC#N)=Cc1ccccc1. The molecule has 0 spiro atoms. The van der Waals surface area contributed by atoms with E-state index in [-0.39, 0.29) is 5.57 Å². The van der Waals surface area contributed by atoms with E-state index in [9.17, 15) is 4.79 Å². The van der Waals surface area contributed by atoms with Gasteiger partial charge in [0.2, 0.25) is 0 Å². The Labute approximate surface area is 113 Å². The second-order valence-electron chi connectivity index (χ2n) is 3.85. The molecule has 0 aliphatic carbocycles. The van der Waals surface area contributed by atoms with Crippen LogP contribution in [0.15, 0.2) is 60.2 Å². The Morgan fingerprint density at radius 3 is 2.26 bits per heavy atom. The predicted molar refractivity (Wildman–Crippen MR) is 77.3 cm³/mol. The minimum atomic E-state index is -0.935. The standard InChI is InChI=1S/C12H11N.C4H6O2/c1-11(6-5-9-13)10-12-7-3-2-4-8-12;1-3(2)4(5)6/h2-8,10H,1H3;1H2,2H3,(H,5,6). The third-order valence-corrected chi connectivity index (χ3v) is 1.98. The number of nitriles is 1. The molecule has 0 atom stereocenters. The first-order valence-electron chi connectivity index (χ1n) is 5.65. The molecule has 19 heavy (non-hydrogen) atoms. The average Bonchev–Trinajstić information content (AvgIpc) is 2.38. The van der Waals surface area contributed by atoms with Crippen molar-refractivity contribution in [3.8, 4) is 6.07 Å². The number of hydrogen-bond acceptors (Lipinski definition) is 2. The molecule has 0 saturated carbocycles. The number of rotatable bonds is 3. The Morgan fingerprint density at radius 2 is 1.84 bits per heavy atom.